The third-order valence-electron chi connectivity index (χ3n) is 2.50. The molecule has 0 aliphatic rings. The molecule has 2 aromatic rings. The fourth-order valence-electron chi connectivity index (χ4n) is 1.52. The van der Waals surface area contributed by atoms with Gasteiger partial charge >= 0.3 is 0 Å². The summed E-state index contributed by atoms with van der Waals surface area (Å²) in [6, 6.07) is 15.3. The molecule has 2 rings (SSSR count). The zero-order valence-electron chi connectivity index (χ0n) is 10.1. The Labute approximate surface area is 129 Å². The number of benzene rings is 2. The maximum atomic E-state index is 11.9. The molecular weight excluding hydrogens is 344 g/mol. The Morgan fingerprint density at radius 2 is 1.68 bits per heavy atom. The van der Waals surface area contributed by atoms with E-state index in [1.54, 1.807) is 5.41 Å². The van der Waals surface area contributed by atoms with Crippen LogP contribution in [0.2, 0.25) is 5.02 Å². The quantitative estimate of drug-likeness (QED) is 0.706. The van der Waals surface area contributed by atoms with E-state index in [4.69, 9.17) is 11.6 Å². The van der Waals surface area contributed by atoms with Crippen LogP contribution in [0, 0.1) is 0 Å². The molecule has 0 aromatic heterocycles. The van der Waals surface area contributed by atoms with Crippen molar-refractivity contribution in [1.82, 2.24) is 0 Å². The van der Waals surface area contributed by atoms with Gasteiger partial charge in [0.25, 0.3) is 0 Å². The van der Waals surface area contributed by atoms with Gasteiger partial charge in [0.05, 0.1) is 0 Å². The fourth-order valence-corrected chi connectivity index (χ4v) is 2.84. The van der Waals surface area contributed by atoms with Gasteiger partial charge in [0.15, 0.2) is 0 Å². The normalized spacial score (nSPS) is 12.8. The second kappa shape index (κ2) is 7.15. The van der Waals surface area contributed by atoms with Crippen LogP contribution >= 0.6 is 27.5 Å². The molecule has 19 heavy (non-hydrogen) atoms. The van der Waals surface area contributed by atoms with E-state index in [2.05, 4.69) is 15.9 Å². The van der Waals surface area contributed by atoms with Gasteiger partial charge in [-0.05, 0) is 47.1 Å². The van der Waals surface area contributed by atoms with Crippen LogP contribution in [0.5, 0.6) is 0 Å². The average molecular weight is 356 g/mol. The van der Waals surface area contributed by atoms with Crippen molar-refractivity contribution in [1.29, 1.82) is 0 Å². The summed E-state index contributed by atoms with van der Waals surface area (Å²) in [5.41, 5.74) is 2.05. The van der Waals surface area contributed by atoms with E-state index in [0.29, 0.717) is 10.8 Å². The Balaban J connectivity index is 1.95. The van der Waals surface area contributed by atoms with Crippen LogP contribution in [-0.2, 0) is 16.9 Å². The molecule has 0 heterocycles. The lowest BCUT2D eigenvalue weighted by molar-refractivity contribution is 0.603. The van der Waals surface area contributed by atoms with Crippen molar-refractivity contribution >= 4 is 44.8 Å². The lowest BCUT2D eigenvalue weighted by atomic mass is 10.2. The van der Waals surface area contributed by atoms with Crippen LogP contribution < -0.4 is 0 Å². The van der Waals surface area contributed by atoms with Gasteiger partial charge < -0.3 is 4.55 Å². The molecule has 1 nitrogen and oxygen atoms in total. The second-order valence-corrected chi connectivity index (χ2v) is 6.68. The molecule has 0 N–H and O–H groups in total. The maximum absolute atomic E-state index is 11.9. The van der Waals surface area contributed by atoms with Crippen LogP contribution in [0.4, 0.5) is 0 Å². The Kier molecular flexibility index (Phi) is 5.52. The molecule has 0 aliphatic carbocycles. The van der Waals surface area contributed by atoms with Gasteiger partial charge in [-0.25, -0.2) is 0 Å². The average Bonchev–Trinajstić information content (AvgIpc) is 2.41. The van der Waals surface area contributed by atoms with Crippen molar-refractivity contribution in [3.63, 3.8) is 0 Å². The minimum Gasteiger partial charge on any atom is -0.612 e. The first-order chi connectivity index (χ1) is 9.13. The monoisotopic (exact) mass is 354 g/mol. The molecule has 0 saturated carbocycles. The van der Waals surface area contributed by atoms with Crippen molar-refractivity contribution < 1.29 is 4.55 Å². The fraction of sp³-hybridized carbons (Fsp3) is 0.0667. The molecule has 1 unspecified atom stereocenters. The van der Waals surface area contributed by atoms with Gasteiger partial charge in [0, 0.05) is 15.1 Å². The predicted octanol–water partition coefficient (Wildman–Crippen LogP) is 5.02. The Morgan fingerprint density at radius 1 is 1.05 bits per heavy atom. The lowest BCUT2D eigenvalue weighted by Gasteiger charge is -2.05. The minimum atomic E-state index is -1.02. The summed E-state index contributed by atoms with van der Waals surface area (Å²) in [6.07, 6.45) is 1.87. The van der Waals surface area contributed by atoms with E-state index in [1.807, 2.05) is 54.6 Å². The van der Waals surface area contributed by atoms with Crippen LogP contribution in [0.1, 0.15) is 11.1 Å². The van der Waals surface area contributed by atoms with Gasteiger partial charge in [-0.1, -0.05) is 51.8 Å². The molecule has 0 bridgehead atoms. The molecule has 2 aromatic carbocycles. The van der Waals surface area contributed by atoms with E-state index < -0.39 is 11.2 Å². The van der Waals surface area contributed by atoms with E-state index in [0.717, 1.165) is 15.6 Å². The van der Waals surface area contributed by atoms with E-state index in [9.17, 15) is 4.55 Å². The molecule has 4 heteroatoms. The van der Waals surface area contributed by atoms with E-state index >= 15 is 0 Å². The summed E-state index contributed by atoms with van der Waals surface area (Å²) >= 11 is 8.17. The van der Waals surface area contributed by atoms with Crippen LogP contribution in [0.3, 0.4) is 0 Å². The van der Waals surface area contributed by atoms with Crippen LogP contribution in [-0.4, -0.2) is 4.55 Å². The molecule has 98 valence electrons. The van der Waals surface area contributed by atoms with Crippen molar-refractivity contribution in [2.45, 2.75) is 5.75 Å². The summed E-state index contributed by atoms with van der Waals surface area (Å²) in [6.45, 7) is 0. The number of hydrogen-bond acceptors (Lipinski definition) is 1. The SMILES string of the molecule is [O-][S+](C=Cc1ccc(Br)cc1)Cc1ccc(Cl)cc1. The third-order valence-corrected chi connectivity index (χ3v) is 4.34. The zero-order chi connectivity index (χ0) is 13.7. The molecule has 1 atom stereocenters. The number of rotatable bonds is 4. The molecule has 0 aliphatic heterocycles. The Hall–Kier alpha value is -0.740. The Bertz CT molecular complexity index is 551. The minimum absolute atomic E-state index is 0.504. The van der Waals surface area contributed by atoms with Gasteiger partial charge in [-0.15, -0.1) is 0 Å². The first-order valence-corrected chi connectivity index (χ1v) is 8.24. The van der Waals surface area contributed by atoms with Crippen molar-refractivity contribution in [2.75, 3.05) is 0 Å². The predicted molar refractivity (Wildman–Crippen MR) is 86.5 cm³/mol. The topological polar surface area (TPSA) is 23.1 Å². The highest BCUT2D eigenvalue weighted by Crippen LogP contribution is 2.15. The highest BCUT2D eigenvalue weighted by atomic mass is 79.9. The number of halogens is 2. The third kappa shape index (κ3) is 5.03. The summed E-state index contributed by atoms with van der Waals surface area (Å²) in [5.74, 6) is 0.504. The second-order valence-electron chi connectivity index (χ2n) is 4.01. The lowest BCUT2D eigenvalue weighted by Crippen LogP contribution is -1.99. The zero-order valence-corrected chi connectivity index (χ0v) is 13.2. The van der Waals surface area contributed by atoms with Crippen LogP contribution in [0.15, 0.2) is 58.4 Å². The van der Waals surface area contributed by atoms with Crippen LogP contribution in [0.25, 0.3) is 6.08 Å². The molecule has 0 radical (unpaired) electrons. The maximum Gasteiger partial charge on any atom is 0.135 e. The summed E-state index contributed by atoms with van der Waals surface area (Å²) in [5, 5.41) is 2.41. The highest BCUT2D eigenvalue weighted by Gasteiger charge is 2.03. The number of hydrogen-bond donors (Lipinski definition) is 0. The summed E-state index contributed by atoms with van der Waals surface area (Å²) in [4.78, 5) is 0. The first-order valence-electron chi connectivity index (χ1n) is 5.69. The molecule has 0 spiro atoms. The van der Waals surface area contributed by atoms with Gasteiger partial charge in [0.1, 0.15) is 11.2 Å². The van der Waals surface area contributed by atoms with Crippen molar-refractivity contribution in [3.05, 3.63) is 74.6 Å². The first kappa shape index (κ1) is 14.7. The smallest absolute Gasteiger partial charge is 0.135 e. The van der Waals surface area contributed by atoms with E-state index in [1.165, 1.54) is 0 Å². The Morgan fingerprint density at radius 3 is 2.32 bits per heavy atom. The largest absolute Gasteiger partial charge is 0.612 e. The molecule has 0 fully saturated rings. The van der Waals surface area contributed by atoms with Crippen molar-refractivity contribution in [2.24, 2.45) is 0 Å². The molecule has 0 saturated heterocycles. The molecule has 0 amide bonds. The standard InChI is InChI=1S/C15H12BrClOS/c16-14-5-1-12(2-6-14)9-10-19(18)11-13-3-7-15(17)8-4-13/h1-10H,11H2. The van der Waals surface area contributed by atoms with Gasteiger partial charge in [-0.2, -0.15) is 0 Å². The van der Waals surface area contributed by atoms with E-state index in [-0.39, 0.29) is 0 Å². The summed E-state index contributed by atoms with van der Waals surface area (Å²) < 4.78 is 13.0. The summed E-state index contributed by atoms with van der Waals surface area (Å²) in [7, 11) is 0. The highest BCUT2D eigenvalue weighted by molar-refractivity contribution is 9.10. The molecular formula is C15H12BrClOS. The van der Waals surface area contributed by atoms with Gasteiger partial charge in [-0.3, -0.25) is 0 Å². The van der Waals surface area contributed by atoms with Crippen molar-refractivity contribution in [3.8, 4) is 0 Å². The van der Waals surface area contributed by atoms with Gasteiger partial charge in [0.2, 0.25) is 0 Å².